The number of nitrogens with zero attached hydrogens (tertiary/aromatic N) is 4. The number of imide groups is 1. The molecule has 0 unspecified atom stereocenters. The van der Waals surface area contributed by atoms with Gasteiger partial charge < -0.3 is 14.8 Å². The zero-order chi connectivity index (χ0) is 20.7. The molecule has 0 saturated carbocycles. The Bertz CT molecular complexity index is 801. The van der Waals surface area contributed by atoms with Gasteiger partial charge in [-0.15, -0.1) is 10.2 Å². The normalized spacial score (nSPS) is 11.8. The average molecular weight is 405 g/mol. The van der Waals surface area contributed by atoms with E-state index in [4.69, 9.17) is 0 Å². The maximum Gasteiger partial charge on any atom is 0.321 e. The first-order chi connectivity index (χ1) is 13.4. The summed E-state index contributed by atoms with van der Waals surface area (Å²) in [6.45, 7) is 10.6. The van der Waals surface area contributed by atoms with Crippen LogP contribution in [0, 0.1) is 0 Å². The molecule has 0 aliphatic heterocycles. The van der Waals surface area contributed by atoms with Gasteiger partial charge in [-0.1, -0.05) is 11.8 Å². The van der Waals surface area contributed by atoms with Crippen molar-refractivity contribution < 1.29 is 9.59 Å². The van der Waals surface area contributed by atoms with Gasteiger partial charge in [0.05, 0.1) is 5.25 Å². The second-order valence-electron chi connectivity index (χ2n) is 6.10. The van der Waals surface area contributed by atoms with E-state index in [1.165, 1.54) is 24.5 Å². The molecule has 0 spiro atoms. The monoisotopic (exact) mass is 404 g/mol. The highest BCUT2D eigenvalue weighted by Gasteiger charge is 2.21. The SMILES string of the molecule is CCN(CC)c1ccc(-c2nnc(S[C@H](C)C(=O)NC(=O)NC)n2CC)cc1. The Balaban J connectivity index is 2.19. The number of anilines is 1. The summed E-state index contributed by atoms with van der Waals surface area (Å²) in [6, 6.07) is 7.73. The molecule has 1 heterocycles. The van der Waals surface area contributed by atoms with E-state index in [2.05, 4.69) is 51.7 Å². The van der Waals surface area contributed by atoms with Crippen LogP contribution in [-0.2, 0) is 11.3 Å². The van der Waals surface area contributed by atoms with E-state index in [1.54, 1.807) is 6.92 Å². The number of nitrogens with one attached hydrogen (secondary N) is 2. The number of thioether (sulfide) groups is 1. The number of amides is 3. The fourth-order valence-electron chi connectivity index (χ4n) is 2.77. The van der Waals surface area contributed by atoms with Crippen LogP contribution in [0.2, 0.25) is 0 Å². The van der Waals surface area contributed by atoms with Gasteiger partial charge >= 0.3 is 6.03 Å². The number of rotatable bonds is 8. The van der Waals surface area contributed by atoms with E-state index in [0.717, 1.165) is 24.5 Å². The molecule has 152 valence electrons. The van der Waals surface area contributed by atoms with E-state index in [0.29, 0.717) is 11.7 Å². The molecular formula is C19H28N6O2S. The first kappa shape index (κ1) is 21.7. The van der Waals surface area contributed by atoms with Gasteiger partial charge in [-0.25, -0.2) is 4.79 Å². The van der Waals surface area contributed by atoms with Crippen LogP contribution in [-0.4, -0.2) is 52.1 Å². The second-order valence-corrected chi connectivity index (χ2v) is 7.41. The first-order valence-electron chi connectivity index (χ1n) is 9.42. The molecule has 0 saturated heterocycles. The quantitative estimate of drug-likeness (QED) is 0.657. The molecule has 1 aromatic heterocycles. The van der Waals surface area contributed by atoms with E-state index in [1.807, 2.05) is 23.6 Å². The van der Waals surface area contributed by atoms with Gasteiger partial charge in [-0.05, 0) is 52.0 Å². The summed E-state index contributed by atoms with van der Waals surface area (Å²) in [7, 11) is 1.46. The van der Waals surface area contributed by atoms with Crippen molar-refractivity contribution in [2.45, 2.75) is 44.6 Å². The Morgan fingerprint density at radius 1 is 1.14 bits per heavy atom. The number of urea groups is 1. The third-order valence-corrected chi connectivity index (χ3v) is 5.48. The van der Waals surface area contributed by atoms with Gasteiger partial charge in [0.25, 0.3) is 0 Å². The topological polar surface area (TPSA) is 92.2 Å². The minimum atomic E-state index is -0.525. The molecule has 1 atom stereocenters. The Labute approximate surface area is 170 Å². The van der Waals surface area contributed by atoms with Crippen LogP contribution < -0.4 is 15.5 Å². The largest absolute Gasteiger partial charge is 0.372 e. The van der Waals surface area contributed by atoms with Crippen LogP contribution in [0.25, 0.3) is 11.4 Å². The van der Waals surface area contributed by atoms with Crippen molar-refractivity contribution in [1.82, 2.24) is 25.4 Å². The zero-order valence-electron chi connectivity index (χ0n) is 17.0. The molecule has 3 amide bonds. The smallest absolute Gasteiger partial charge is 0.321 e. The van der Waals surface area contributed by atoms with Crippen LogP contribution in [0.3, 0.4) is 0 Å². The maximum atomic E-state index is 12.1. The number of hydrogen-bond acceptors (Lipinski definition) is 6. The Hall–Kier alpha value is -2.55. The summed E-state index contributed by atoms with van der Waals surface area (Å²) < 4.78 is 1.97. The van der Waals surface area contributed by atoms with Gasteiger partial charge in [0.1, 0.15) is 0 Å². The minimum absolute atomic E-state index is 0.375. The molecule has 1 aromatic carbocycles. The van der Waals surface area contributed by atoms with E-state index < -0.39 is 11.3 Å². The molecule has 9 heteroatoms. The number of aromatic nitrogens is 3. The summed E-state index contributed by atoms with van der Waals surface area (Å²) in [5, 5.41) is 13.4. The first-order valence-corrected chi connectivity index (χ1v) is 10.3. The van der Waals surface area contributed by atoms with Gasteiger partial charge in [-0.3, -0.25) is 10.1 Å². The van der Waals surface area contributed by atoms with Gasteiger partial charge in [0, 0.05) is 37.9 Å². The molecule has 0 radical (unpaired) electrons. The Morgan fingerprint density at radius 3 is 2.32 bits per heavy atom. The van der Waals surface area contributed by atoms with Crippen LogP contribution in [0.15, 0.2) is 29.4 Å². The van der Waals surface area contributed by atoms with Crippen molar-refractivity contribution in [1.29, 1.82) is 0 Å². The van der Waals surface area contributed by atoms with Crippen molar-refractivity contribution in [3.8, 4) is 11.4 Å². The fourth-order valence-corrected chi connectivity index (χ4v) is 3.69. The molecule has 0 aliphatic rings. The third-order valence-electron chi connectivity index (χ3n) is 4.40. The van der Waals surface area contributed by atoms with Crippen LogP contribution >= 0.6 is 11.8 Å². The lowest BCUT2D eigenvalue weighted by Crippen LogP contribution is -2.41. The maximum absolute atomic E-state index is 12.1. The predicted molar refractivity (Wildman–Crippen MR) is 113 cm³/mol. The van der Waals surface area contributed by atoms with Gasteiger partial charge in [0.15, 0.2) is 11.0 Å². The highest BCUT2D eigenvalue weighted by atomic mass is 32.2. The van der Waals surface area contributed by atoms with Crippen LogP contribution in [0.1, 0.15) is 27.7 Å². The minimum Gasteiger partial charge on any atom is -0.372 e. The standard InChI is InChI=1S/C19H28N6O2S/c1-6-24(7-2)15-11-9-14(10-12-15)16-22-23-19(25(16)8-3)28-13(4)17(26)21-18(27)20-5/h9-13H,6-8H2,1-5H3,(H2,20,21,26,27)/t13-/m1/s1. The lowest BCUT2D eigenvalue weighted by molar-refractivity contribution is -0.119. The number of hydrogen-bond donors (Lipinski definition) is 2. The Morgan fingerprint density at radius 2 is 1.79 bits per heavy atom. The Kier molecular flexibility index (Phi) is 7.86. The van der Waals surface area contributed by atoms with Gasteiger partial charge in [-0.2, -0.15) is 0 Å². The zero-order valence-corrected chi connectivity index (χ0v) is 17.8. The summed E-state index contributed by atoms with van der Waals surface area (Å²) in [6.07, 6.45) is 0. The molecule has 0 fully saturated rings. The highest BCUT2D eigenvalue weighted by Crippen LogP contribution is 2.28. The predicted octanol–water partition coefficient (Wildman–Crippen LogP) is 2.75. The molecule has 28 heavy (non-hydrogen) atoms. The average Bonchev–Trinajstić information content (AvgIpc) is 3.11. The number of carbonyl (C=O) groups excluding carboxylic acids is 2. The molecule has 0 aliphatic carbocycles. The second kappa shape index (κ2) is 10.1. The lowest BCUT2D eigenvalue weighted by atomic mass is 10.2. The van der Waals surface area contributed by atoms with Crippen molar-refractivity contribution in [2.75, 3.05) is 25.0 Å². The molecule has 2 aromatic rings. The van der Waals surface area contributed by atoms with Crippen LogP contribution in [0.5, 0.6) is 0 Å². The highest BCUT2D eigenvalue weighted by molar-refractivity contribution is 8.00. The summed E-state index contributed by atoms with van der Waals surface area (Å²) in [5.41, 5.74) is 2.14. The number of benzene rings is 1. The molecule has 8 nitrogen and oxygen atoms in total. The van der Waals surface area contributed by atoms with Crippen molar-refractivity contribution in [3.05, 3.63) is 24.3 Å². The molecule has 0 bridgehead atoms. The van der Waals surface area contributed by atoms with Crippen molar-refractivity contribution in [3.63, 3.8) is 0 Å². The van der Waals surface area contributed by atoms with E-state index >= 15 is 0 Å². The number of carbonyl (C=O) groups is 2. The fraction of sp³-hybridized carbons (Fsp3) is 0.474. The molecule has 2 N–H and O–H groups in total. The lowest BCUT2D eigenvalue weighted by Gasteiger charge is -2.21. The summed E-state index contributed by atoms with van der Waals surface area (Å²) in [5.74, 6) is 0.384. The molecular weight excluding hydrogens is 376 g/mol. The van der Waals surface area contributed by atoms with E-state index in [9.17, 15) is 9.59 Å². The van der Waals surface area contributed by atoms with Crippen molar-refractivity contribution in [2.24, 2.45) is 0 Å². The van der Waals surface area contributed by atoms with Crippen molar-refractivity contribution >= 4 is 29.4 Å². The third kappa shape index (κ3) is 5.03. The van der Waals surface area contributed by atoms with Crippen LogP contribution in [0.4, 0.5) is 10.5 Å². The van der Waals surface area contributed by atoms with E-state index in [-0.39, 0.29) is 5.91 Å². The summed E-state index contributed by atoms with van der Waals surface area (Å²) in [4.78, 5) is 25.7. The van der Waals surface area contributed by atoms with Gasteiger partial charge in [0.2, 0.25) is 5.91 Å². The summed E-state index contributed by atoms with van der Waals surface area (Å²) >= 11 is 1.28. The molecule has 2 rings (SSSR count).